The monoisotopic (exact) mass is 328 g/mol. The number of carboxylic acids is 1. The van der Waals surface area contributed by atoms with Crippen molar-refractivity contribution in [2.45, 2.75) is 72.1 Å². The van der Waals surface area contributed by atoms with Gasteiger partial charge in [0.25, 0.3) is 0 Å². The first-order valence-electron chi connectivity index (χ1n) is 8.64. The van der Waals surface area contributed by atoms with E-state index in [9.17, 15) is 14.4 Å². The summed E-state index contributed by atoms with van der Waals surface area (Å²) in [5.74, 6) is -0.770. The fourth-order valence-electron chi connectivity index (χ4n) is 2.28. The highest BCUT2D eigenvalue weighted by Crippen LogP contribution is 2.15. The number of carbonyl (C=O) groups excluding carboxylic acids is 2. The number of carboxylic acid groups (broad SMARTS) is 1. The fourth-order valence-corrected chi connectivity index (χ4v) is 2.28. The number of ketones is 2. The molecule has 134 valence electrons. The number of carbonyl (C=O) groups is 3. The van der Waals surface area contributed by atoms with Gasteiger partial charge in [-0.25, -0.2) is 0 Å². The van der Waals surface area contributed by atoms with Crippen LogP contribution in [-0.4, -0.2) is 35.9 Å². The second-order valence-corrected chi connectivity index (χ2v) is 6.62. The van der Waals surface area contributed by atoms with E-state index in [-0.39, 0.29) is 18.0 Å². The lowest BCUT2D eigenvalue weighted by molar-refractivity contribution is -0.143. The van der Waals surface area contributed by atoms with Crippen LogP contribution in [0, 0.1) is 11.8 Å². The largest absolute Gasteiger partial charge is 0.481 e. The van der Waals surface area contributed by atoms with Gasteiger partial charge in [0, 0.05) is 25.9 Å². The second kappa shape index (κ2) is 13.2. The van der Waals surface area contributed by atoms with Gasteiger partial charge in [0.15, 0.2) is 0 Å². The van der Waals surface area contributed by atoms with Gasteiger partial charge in [0.05, 0.1) is 12.5 Å². The molecular formula is C18H32O5. The summed E-state index contributed by atoms with van der Waals surface area (Å²) in [6.45, 7) is 6.89. The van der Waals surface area contributed by atoms with E-state index >= 15 is 0 Å². The minimum absolute atomic E-state index is 0.0926. The SMILES string of the molecule is CC(=O)CC(CCCCCC(=O)CCOCCC(C)C)C(=O)O. The molecule has 0 aliphatic heterocycles. The quantitative estimate of drug-likeness (QED) is 0.464. The second-order valence-electron chi connectivity index (χ2n) is 6.62. The number of unbranched alkanes of at least 4 members (excludes halogenated alkanes) is 2. The third-order valence-electron chi connectivity index (χ3n) is 3.76. The van der Waals surface area contributed by atoms with E-state index in [1.54, 1.807) is 0 Å². The minimum atomic E-state index is -0.908. The molecule has 0 saturated heterocycles. The molecular weight excluding hydrogens is 296 g/mol. The third-order valence-corrected chi connectivity index (χ3v) is 3.76. The van der Waals surface area contributed by atoms with Gasteiger partial charge in [-0.2, -0.15) is 0 Å². The Hall–Kier alpha value is -1.23. The minimum Gasteiger partial charge on any atom is -0.481 e. The summed E-state index contributed by atoms with van der Waals surface area (Å²) in [6, 6.07) is 0. The van der Waals surface area contributed by atoms with Crippen molar-refractivity contribution in [1.82, 2.24) is 0 Å². The Morgan fingerprint density at radius 1 is 0.957 bits per heavy atom. The predicted octanol–water partition coefficient (Wildman–Crippen LogP) is 3.64. The summed E-state index contributed by atoms with van der Waals surface area (Å²) >= 11 is 0. The van der Waals surface area contributed by atoms with Gasteiger partial charge < -0.3 is 14.6 Å². The molecule has 1 unspecified atom stereocenters. The summed E-state index contributed by atoms with van der Waals surface area (Å²) in [5.41, 5.74) is 0. The van der Waals surface area contributed by atoms with Gasteiger partial charge in [-0.3, -0.25) is 9.59 Å². The van der Waals surface area contributed by atoms with Gasteiger partial charge in [-0.1, -0.05) is 26.7 Å². The van der Waals surface area contributed by atoms with Gasteiger partial charge in [-0.15, -0.1) is 0 Å². The Morgan fingerprint density at radius 2 is 1.65 bits per heavy atom. The average Bonchev–Trinajstić information content (AvgIpc) is 2.44. The molecule has 0 aromatic carbocycles. The Morgan fingerprint density at radius 3 is 2.22 bits per heavy atom. The van der Waals surface area contributed by atoms with Crippen LogP contribution in [0.1, 0.15) is 72.1 Å². The van der Waals surface area contributed by atoms with Crippen molar-refractivity contribution in [3.8, 4) is 0 Å². The van der Waals surface area contributed by atoms with Crippen LogP contribution in [0.5, 0.6) is 0 Å². The number of rotatable bonds is 15. The molecule has 0 aliphatic carbocycles. The van der Waals surface area contributed by atoms with E-state index in [0.29, 0.717) is 38.4 Å². The van der Waals surface area contributed by atoms with Crippen LogP contribution >= 0.6 is 0 Å². The molecule has 0 aliphatic rings. The number of ether oxygens (including phenoxy) is 1. The van der Waals surface area contributed by atoms with E-state index in [4.69, 9.17) is 9.84 Å². The van der Waals surface area contributed by atoms with Crippen molar-refractivity contribution in [1.29, 1.82) is 0 Å². The molecule has 0 rings (SSSR count). The van der Waals surface area contributed by atoms with Crippen LogP contribution in [0.15, 0.2) is 0 Å². The maximum atomic E-state index is 11.7. The molecule has 0 heterocycles. The van der Waals surface area contributed by atoms with Gasteiger partial charge in [0.1, 0.15) is 11.6 Å². The van der Waals surface area contributed by atoms with E-state index < -0.39 is 11.9 Å². The smallest absolute Gasteiger partial charge is 0.306 e. The summed E-state index contributed by atoms with van der Waals surface area (Å²) in [7, 11) is 0. The normalized spacial score (nSPS) is 12.3. The van der Waals surface area contributed by atoms with E-state index in [2.05, 4.69) is 13.8 Å². The van der Waals surface area contributed by atoms with Crippen LogP contribution in [-0.2, 0) is 19.1 Å². The van der Waals surface area contributed by atoms with Crippen molar-refractivity contribution in [2.24, 2.45) is 11.8 Å². The zero-order valence-corrected chi connectivity index (χ0v) is 14.8. The standard InChI is InChI=1S/C18H32O5/c1-14(2)9-11-23-12-10-17(20)8-6-4-5-7-16(18(21)22)13-15(3)19/h14,16H,4-13H2,1-3H3,(H,21,22). The molecule has 0 aromatic heterocycles. The van der Waals surface area contributed by atoms with Crippen LogP contribution in [0.25, 0.3) is 0 Å². The Balaban J connectivity index is 3.60. The Labute approximate surface area is 139 Å². The van der Waals surface area contributed by atoms with E-state index in [1.807, 2.05) is 0 Å². The third kappa shape index (κ3) is 14.1. The zero-order chi connectivity index (χ0) is 17.7. The fraction of sp³-hybridized carbons (Fsp3) is 0.833. The molecule has 1 N–H and O–H groups in total. The maximum absolute atomic E-state index is 11.7. The lowest BCUT2D eigenvalue weighted by Gasteiger charge is -2.10. The summed E-state index contributed by atoms with van der Waals surface area (Å²) in [4.78, 5) is 33.7. The van der Waals surface area contributed by atoms with Gasteiger partial charge in [0.2, 0.25) is 0 Å². The van der Waals surface area contributed by atoms with E-state index in [0.717, 1.165) is 25.7 Å². The van der Waals surface area contributed by atoms with Crippen molar-refractivity contribution in [3.05, 3.63) is 0 Å². The molecule has 0 spiro atoms. The molecule has 23 heavy (non-hydrogen) atoms. The first-order chi connectivity index (χ1) is 10.8. The first kappa shape index (κ1) is 21.8. The topological polar surface area (TPSA) is 80.7 Å². The Bertz CT molecular complexity index is 362. The molecule has 0 fully saturated rings. The number of Topliss-reactive ketones (excluding diaryl/α,β-unsaturated/α-hetero) is 2. The van der Waals surface area contributed by atoms with Crippen LogP contribution in [0.3, 0.4) is 0 Å². The lowest BCUT2D eigenvalue weighted by atomic mass is 9.95. The predicted molar refractivity (Wildman–Crippen MR) is 89.4 cm³/mol. The van der Waals surface area contributed by atoms with Crippen LogP contribution in [0.4, 0.5) is 0 Å². The van der Waals surface area contributed by atoms with Crippen molar-refractivity contribution in [2.75, 3.05) is 13.2 Å². The Kier molecular flexibility index (Phi) is 12.5. The molecule has 0 saturated carbocycles. The molecule has 0 radical (unpaired) electrons. The van der Waals surface area contributed by atoms with Gasteiger partial charge in [-0.05, 0) is 32.1 Å². The first-order valence-corrected chi connectivity index (χ1v) is 8.64. The lowest BCUT2D eigenvalue weighted by Crippen LogP contribution is -2.16. The highest BCUT2D eigenvalue weighted by Gasteiger charge is 2.18. The maximum Gasteiger partial charge on any atom is 0.306 e. The van der Waals surface area contributed by atoms with Crippen molar-refractivity contribution < 1.29 is 24.2 Å². The zero-order valence-electron chi connectivity index (χ0n) is 14.8. The highest BCUT2D eigenvalue weighted by atomic mass is 16.5. The molecule has 5 nitrogen and oxygen atoms in total. The van der Waals surface area contributed by atoms with Crippen molar-refractivity contribution in [3.63, 3.8) is 0 Å². The summed E-state index contributed by atoms with van der Waals surface area (Å²) in [6.07, 6.45) is 4.93. The molecule has 0 aromatic rings. The molecule has 0 amide bonds. The average molecular weight is 328 g/mol. The summed E-state index contributed by atoms with van der Waals surface area (Å²) < 4.78 is 5.42. The van der Waals surface area contributed by atoms with E-state index in [1.165, 1.54) is 6.92 Å². The molecule has 1 atom stereocenters. The number of hydrogen-bond acceptors (Lipinski definition) is 4. The summed E-state index contributed by atoms with van der Waals surface area (Å²) in [5, 5.41) is 9.02. The van der Waals surface area contributed by atoms with Crippen molar-refractivity contribution >= 4 is 17.5 Å². The van der Waals surface area contributed by atoms with Crippen LogP contribution < -0.4 is 0 Å². The van der Waals surface area contributed by atoms with Crippen LogP contribution in [0.2, 0.25) is 0 Å². The molecule has 0 bridgehead atoms. The number of aliphatic carboxylic acids is 1. The highest BCUT2D eigenvalue weighted by molar-refractivity contribution is 5.81. The number of hydrogen-bond donors (Lipinski definition) is 1. The van der Waals surface area contributed by atoms with Gasteiger partial charge >= 0.3 is 5.97 Å². The molecule has 5 heteroatoms.